The van der Waals surface area contributed by atoms with Gasteiger partial charge in [0, 0.05) is 23.8 Å². The lowest BCUT2D eigenvalue weighted by Crippen LogP contribution is -2.04. The molecule has 88 valence electrons. The van der Waals surface area contributed by atoms with Gasteiger partial charge in [0.1, 0.15) is 16.7 Å². The first-order valence-corrected chi connectivity index (χ1v) is 6.86. The molecular weight excluding hydrogens is 218 g/mol. The largest absolute Gasteiger partial charge is 0.370 e. The van der Waals surface area contributed by atoms with Gasteiger partial charge in [-0.15, -0.1) is 11.8 Å². The van der Waals surface area contributed by atoms with Crippen LogP contribution in [0, 0.1) is 0 Å². The van der Waals surface area contributed by atoms with Gasteiger partial charge in [-0.25, -0.2) is 9.97 Å². The molecule has 4 heteroatoms. The summed E-state index contributed by atoms with van der Waals surface area (Å²) < 4.78 is 0. The molecule has 0 bridgehead atoms. The lowest BCUT2D eigenvalue weighted by Gasteiger charge is -2.09. The fourth-order valence-electron chi connectivity index (χ4n) is 1.54. The molecule has 0 radical (unpaired) electrons. The molecule has 1 heterocycles. The second-order valence-corrected chi connectivity index (χ2v) is 6.02. The van der Waals surface area contributed by atoms with Crippen LogP contribution in [0.3, 0.4) is 0 Å². The van der Waals surface area contributed by atoms with Gasteiger partial charge in [-0.1, -0.05) is 13.8 Å². The van der Waals surface area contributed by atoms with Crippen LogP contribution in [0.1, 0.15) is 45.4 Å². The molecule has 0 unspecified atom stereocenters. The van der Waals surface area contributed by atoms with Crippen molar-refractivity contribution in [2.45, 2.75) is 49.8 Å². The molecule has 0 saturated heterocycles. The number of hydrogen-bond donors (Lipinski definition) is 1. The Hall–Kier alpha value is -0.770. The van der Waals surface area contributed by atoms with Crippen molar-refractivity contribution in [1.82, 2.24) is 9.97 Å². The maximum atomic E-state index is 4.63. The van der Waals surface area contributed by atoms with E-state index in [1.54, 1.807) is 11.8 Å². The second kappa shape index (κ2) is 5.04. The Labute approximate surface area is 101 Å². The van der Waals surface area contributed by atoms with E-state index in [9.17, 15) is 0 Å². The SMILES string of the molecule is CCNc1cc(SC(C)C)nc(C2CC2)n1. The van der Waals surface area contributed by atoms with Crippen molar-refractivity contribution in [3.8, 4) is 0 Å². The highest BCUT2D eigenvalue weighted by Gasteiger charge is 2.27. The molecule has 1 aromatic rings. The maximum absolute atomic E-state index is 4.63. The van der Waals surface area contributed by atoms with Crippen molar-refractivity contribution in [2.75, 3.05) is 11.9 Å². The summed E-state index contributed by atoms with van der Waals surface area (Å²) in [5.41, 5.74) is 0. The predicted octanol–water partition coefficient (Wildman–Crippen LogP) is 3.29. The molecule has 1 N–H and O–H groups in total. The third kappa shape index (κ3) is 3.11. The van der Waals surface area contributed by atoms with Crippen molar-refractivity contribution < 1.29 is 0 Å². The van der Waals surface area contributed by atoms with Crippen LogP contribution < -0.4 is 5.32 Å². The van der Waals surface area contributed by atoms with Crippen LogP contribution >= 0.6 is 11.8 Å². The predicted molar refractivity (Wildman–Crippen MR) is 69.2 cm³/mol. The summed E-state index contributed by atoms with van der Waals surface area (Å²) in [6, 6.07) is 2.06. The Balaban J connectivity index is 2.21. The average molecular weight is 237 g/mol. The fourth-order valence-corrected chi connectivity index (χ4v) is 2.35. The van der Waals surface area contributed by atoms with E-state index in [0.717, 1.165) is 23.2 Å². The molecule has 1 fully saturated rings. The van der Waals surface area contributed by atoms with Crippen molar-refractivity contribution in [3.05, 3.63) is 11.9 Å². The molecule has 0 spiro atoms. The molecule has 1 aromatic heterocycles. The van der Waals surface area contributed by atoms with Gasteiger partial charge < -0.3 is 5.32 Å². The summed E-state index contributed by atoms with van der Waals surface area (Å²) in [7, 11) is 0. The first-order valence-electron chi connectivity index (χ1n) is 5.98. The van der Waals surface area contributed by atoms with Gasteiger partial charge in [0.15, 0.2) is 0 Å². The van der Waals surface area contributed by atoms with Gasteiger partial charge >= 0.3 is 0 Å². The number of hydrogen-bond acceptors (Lipinski definition) is 4. The number of aromatic nitrogens is 2. The number of rotatable bonds is 5. The normalized spacial score (nSPS) is 15.5. The van der Waals surface area contributed by atoms with Crippen molar-refractivity contribution in [1.29, 1.82) is 0 Å². The zero-order valence-corrected chi connectivity index (χ0v) is 11.0. The summed E-state index contributed by atoms with van der Waals surface area (Å²) in [6.07, 6.45) is 2.50. The zero-order valence-electron chi connectivity index (χ0n) is 10.2. The Bertz CT molecular complexity index is 361. The van der Waals surface area contributed by atoms with Gasteiger partial charge in [0.25, 0.3) is 0 Å². The summed E-state index contributed by atoms with van der Waals surface area (Å²) in [5.74, 6) is 2.62. The van der Waals surface area contributed by atoms with Crippen molar-refractivity contribution >= 4 is 17.6 Å². The van der Waals surface area contributed by atoms with E-state index in [1.807, 2.05) is 0 Å². The molecule has 0 aromatic carbocycles. The monoisotopic (exact) mass is 237 g/mol. The molecule has 1 aliphatic rings. The minimum absolute atomic E-state index is 0.566. The molecule has 3 nitrogen and oxygen atoms in total. The van der Waals surface area contributed by atoms with Crippen LogP contribution in [0.5, 0.6) is 0 Å². The molecule has 0 atom stereocenters. The summed E-state index contributed by atoms with van der Waals surface area (Å²) >= 11 is 1.81. The Morgan fingerprint density at radius 1 is 1.44 bits per heavy atom. The maximum Gasteiger partial charge on any atom is 0.135 e. The van der Waals surface area contributed by atoms with Gasteiger partial charge in [0.2, 0.25) is 0 Å². The lowest BCUT2D eigenvalue weighted by molar-refractivity contribution is 0.874. The quantitative estimate of drug-likeness (QED) is 0.630. The Kier molecular flexibility index (Phi) is 3.69. The molecular formula is C12H19N3S. The summed E-state index contributed by atoms with van der Waals surface area (Å²) in [4.78, 5) is 9.19. The first-order chi connectivity index (χ1) is 7.69. The second-order valence-electron chi connectivity index (χ2n) is 4.42. The standard InChI is InChI=1S/C12H19N3S/c1-4-13-10-7-11(16-8(2)3)15-12(14-10)9-5-6-9/h7-9H,4-6H2,1-3H3,(H,13,14,15). The molecule has 0 amide bonds. The summed E-state index contributed by atoms with van der Waals surface area (Å²) in [6.45, 7) is 7.38. The minimum atomic E-state index is 0.566. The highest BCUT2D eigenvalue weighted by molar-refractivity contribution is 7.99. The molecule has 0 aliphatic heterocycles. The average Bonchev–Trinajstić information content (AvgIpc) is 2.99. The van der Waals surface area contributed by atoms with Gasteiger partial charge in [0.05, 0.1) is 0 Å². The van der Waals surface area contributed by atoms with Crippen molar-refractivity contribution in [2.24, 2.45) is 0 Å². The van der Waals surface area contributed by atoms with Crippen LogP contribution in [-0.4, -0.2) is 21.8 Å². The topological polar surface area (TPSA) is 37.8 Å². The number of nitrogens with zero attached hydrogens (tertiary/aromatic N) is 2. The van der Waals surface area contributed by atoms with E-state index in [0.29, 0.717) is 11.2 Å². The molecule has 2 rings (SSSR count). The first kappa shape index (κ1) is 11.7. The molecule has 16 heavy (non-hydrogen) atoms. The highest BCUT2D eigenvalue weighted by Crippen LogP contribution is 2.39. The zero-order chi connectivity index (χ0) is 11.5. The van der Waals surface area contributed by atoms with Crippen molar-refractivity contribution in [3.63, 3.8) is 0 Å². The number of nitrogens with one attached hydrogen (secondary N) is 1. The van der Waals surface area contributed by atoms with Gasteiger partial charge in [-0.2, -0.15) is 0 Å². The lowest BCUT2D eigenvalue weighted by atomic mass is 10.4. The third-order valence-corrected chi connectivity index (χ3v) is 3.30. The number of anilines is 1. The minimum Gasteiger partial charge on any atom is -0.370 e. The highest BCUT2D eigenvalue weighted by atomic mass is 32.2. The van der Waals surface area contributed by atoms with Gasteiger partial charge in [-0.05, 0) is 19.8 Å². The van der Waals surface area contributed by atoms with E-state index in [1.165, 1.54) is 12.8 Å². The van der Waals surface area contributed by atoms with E-state index >= 15 is 0 Å². The molecule has 1 aliphatic carbocycles. The van der Waals surface area contributed by atoms with Crippen LogP contribution in [-0.2, 0) is 0 Å². The van der Waals surface area contributed by atoms with E-state index < -0.39 is 0 Å². The van der Waals surface area contributed by atoms with E-state index in [4.69, 9.17) is 0 Å². The van der Waals surface area contributed by atoms with Gasteiger partial charge in [-0.3, -0.25) is 0 Å². The third-order valence-electron chi connectivity index (χ3n) is 2.38. The fraction of sp³-hybridized carbons (Fsp3) is 0.667. The van der Waals surface area contributed by atoms with E-state index in [-0.39, 0.29) is 0 Å². The van der Waals surface area contributed by atoms with Crippen LogP contribution in [0.25, 0.3) is 0 Å². The Morgan fingerprint density at radius 3 is 2.75 bits per heavy atom. The molecule has 1 saturated carbocycles. The van der Waals surface area contributed by atoms with E-state index in [2.05, 4.69) is 42.1 Å². The smallest absolute Gasteiger partial charge is 0.135 e. The van der Waals surface area contributed by atoms with Crippen LogP contribution in [0.2, 0.25) is 0 Å². The Morgan fingerprint density at radius 2 is 2.19 bits per heavy atom. The van der Waals surface area contributed by atoms with Crippen LogP contribution in [0.15, 0.2) is 11.1 Å². The number of thioether (sulfide) groups is 1. The van der Waals surface area contributed by atoms with Crippen LogP contribution in [0.4, 0.5) is 5.82 Å². The summed E-state index contributed by atoms with van der Waals surface area (Å²) in [5, 5.41) is 4.95.